The molecule has 0 fully saturated rings. The van der Waals surface area contributed by atoms with Gasteiger partial charge in [0.15, 0.2) is 0 Å². The van der Waals surface area contributed by atoms with Crippen molar-refractivity contribution in [2.24, 2.45) is 5.92 Å². The normalized spacial score (nSPS) is 18.1. The van der Waals surface area contributed by atoms with Gasteiger partial charge in [-0.3, -0.25) is 0 Å². The highest BCUT2D eigenvalue weighted by molar-refractivity contribution is 9.09. The van der Waals surface area contributed by atoms with E-state index < -0.39 is 0 Å². The van der Waals surface area contributed by atoms with Crippen LogP contribution in [0, 0.1) is 17.2 Å². The number of fused-ring (bicyclic) bond motifs is 6. The minimum absolute atomic E-state index is 0.244. The zero-order chi connectivity index (χ0) is 20.2. The first-order valence-corrected chi connectivity index (χ1v) is 11.0. The van der Waals surface area contributed by atoms with Gasteiger partial charge in [-0.1, -0.05) is 70.5 Å². The SMILES string of the molecule is N#Cc1cccc2c1[nH]c1cc(CC3C=Cc4c([nH]c5ccccc45)C3Br)ccc12. The predicted molar refractivity (Wildman–Crippen MR) is 127 cm³/mol. The summed E-state index contributed by atoms with van der Waals surface area (Å²) in [6, 6.07) is 23.3. The van der Waals surface area contributed by atoms with E-state index in [-0.39, 0.29) is 4.83 Å². The van der Waals surface area contributed by atoms with Crippen molar-refractivity contribution >= 4 is 54.7 Å². The lowest BCUT2D eigenvalue weighted by atomic mass is 9.88. The van der Waals surface area contributed by atoms with Crippen LogP contribution in [0.2, 0.25) is 0 Å². The van der Waals surface area contributed by atoms with E-state index in [0.29, 0.717) is 11.5 Å². The quantitative estimate of drug-likeness (QED) is 0.279. The van der Waals surface area contributed by atoms with Gasteiger partial charge >= 0.3 is 0 Å². The van der Waals surface area contributed by atoms with Gasteiger partial charge in [-0.25, -0.2) is 0 Å². The summed E-state index contributed by atoms with van der Waals surface area (Å²) >= 11 is 3.96. The molecular weight excluding hydrogens is 434 g/mol. The maximum atomic E-state index is 9.41. The number of nitrogens with zero attached hydrogens (tertiary/aromatic N) is 1. The lowest BCUT2D eigenvalue weighted by Gasteiger charge is -2.23. The molecule has 4 heteroatoms. The zero-order valence-corrected chi connectivity index (χ0v) is 17.7. The van der Waals surface area contributed by atoms with Gasteiger partial charge in [0.1, 0.15) is 6.07 Å². The third-order valence-corrected chi connectivity index (χ3v) is 7.37. The summed E-state index contributed by atoms with van der Waals surface area (Å²) < 4.78 is 0. The third-order valence-electron chi connectivity index (χ3n) is 6.23. The molecule has 0 saturated carbocycles. The molecule has 2 heterocycles. The summed E-state index contributed by atoms with van der Waals surface area (Å²) in [6.45, 7) is 0. The number of alkyl halides is 1. The molecule has 0 amide bonds. The Hall–Kier alpha value is -3.29. The van der Waals surface area contributed by atoms with Crippen molar-refractivity contribution in [2.45, 2.75) is 11.2 Å². The maximum Gasteiger partial charge on any atom is 0.101 e. The molecule has 3 nitrogen and oxygen atoms in total. The molecule has 1 aliphatic rings. The van der Waals surface area contributed by atoms with Crippen LogP contribution in [-0.2, 0) is 6.42 Å². The van der Waals surface area contributed by atoms with Crippen LogP contribution >= 0.6 is 15.9 Å². The van der Waals surface area contributed by atoms with Crippen molar-refractivity contribution < 1.29 is 0 Å². The van der Waals surface area contributed by atoms with Crippen LogP contribution in [0.5, 0.6) is 0 Å². The van der Waals surface area contributed by atoms with Gasteiger partial charge < -0.3 is 9.97 Å². The number of nitriles is 1. The molecule has 6 rings (SSSR count). The minimum Gasteiger partial charge on any atom is -0.357 e. The number of allylic oxidation sites excluding steroid dienone is 1. The van der Waals surface area contributed by atoms with E-state index >= 15 is 0 Å². The van der Waals surface area contributed by atoms with Crippen LogP contribution in [0.4, 0.5) is 0 Å². The van der Waals surface area contributed by atoms with Crippen molar-refractivity contribution in [3.05, 3.63) is 89.1 Å². The van der Waals surface area contributed by atoms with Crippen molar-refractivity contribution in [3.63, 3.8) is 0 Å². The molecule has 0 aliphatic heterocycles. The summed E-state index contributed by atoms with van der Waals surface area (Å²) in [7, 11) is 0. The second kappa shape index (κ2) is 6.62. The van der Waals surface area contributed by atoms with E-state index in [1.165, 1.54) is 33.1 Å². The van der Waals surface area contributed by atoms with Gasteiger partial charge in [0.2, 0.25) is 0 Å². The molecule has 144 valence electrons. The average molecular weight is 452 g/mol. The summed E-state index contributed by atoms with van der Waals surface area (Å²) in [4.78, 5) is 7.31. The predicted octanol–water partition coefficient (Wildman–Crippen LogP) is 7.00. The number of halogens is 1. The van der Waals surface area contributed by atoms with E-state index in [0.717, 1.165) is 22.8 Å². The third kappa shape index (κ3) is 2.56. The highest BCUT2D eigenvalue weighted by Crippen LogP contribution is 2.42. The fraction of sp³-hybridized carbons (Fsp3) is 0.115. The van der Waals surface area contributed by atoms with Gasteiger partial charge in [-0.2, -0.15) is 5.26 Å². The first kappa shape index (κ1) is 17.6. The monoisotopic (exact) mass is 451 g/mol. The number of para-hydroxylation sites is 2. The second-order valence-electron chi connectivity index (χ2n) is 7.97. The Bertz CT molecular complexity index is 1510. The maximum absolute atomic E-state index is 9.41. The number of H-pyrrole nitrogens is 2. The fourth-order valence-corrected chi connectivity index (χ4v) is 5.48. The number of benzene rings is 3. The molecular formula is C26H18BrN3. The molecule has 2 unspecified atom stereocenters. The average Bonchev–Trinajstić information content (AvgIpc) is 3.34. The Kier molecular flexibility index (Phi) is 3.87. The summed E-state index contributed by atoms with van der Waals surface area (Å²) in [5.74, 6) is 0.363. The lowest BCUT2D eigenvalue weighted by Crippen LogP contribution is -2.12. The van der Waals surface area contributed by atoms with Crippen molar-refractivity contribution in [2.75, 3.05) is 0 Å². The highest BCUT2D eigenvalue weighted by Gasteiger charge is 2.27. The smallest absolute Gasteiger partial charge is 0.101 e. The number of hydrogen-bond acceptors (Lipinski definition) is 1. The summed E-state index contributed by atoms with van der Waals surface area (Å²) in [6.07, 6.45) is 5.53. The Morgan fingerprint density at radius 2 is 1.77 bits per heavy atom. The standard InChI is InChI=1S/C26H18BrN3/c27-24-16(9-11-21-18-5-1-2-7-22(18)29-26(21)24)12-15-8-10-19-20-6-3-4-17(14-28)25(20)30-23(19)13-15/h1-11,13,16,24,29-30H,12H2. The number of aromatic nitrogens is 2. The van der Waals surface area contributed by atoms with Gasteiger partial charge in [-0.05, 0) is 36.1 Å². The van der Waals surface area contributed by atoms with Crippen LogP contribution in [-0.4, -0.2) is 9.97 Å². The Labute approximate surface area is 182 Å². The number of hydrogen-bond donors (Lipinski definition) is 2. The van der Waals surface area contributed by atoms with E-state index in [1.54, 1.807) is 0 Å². The Morgan fingerprint density at radius 1 is 0.900 bits per heavy atom. The van der Waals surface area contributed by atoms with Gasteiger partial charge in [-0.15, -0.1) is 0 Å². The first-order chi connectivity index (χ1) is 14.7. The lowest BCUT2D eigenvalue weighted by molar-refractivity contribution is 0.626. The molecule has 0 saturated heterocycles. The van der Waals surface area contributed by atoms with E-state index in [4.69, 9.17) is 0 Å². The first-order valence-electron chi connectivity index (χ1n) is 10.1. The molecule has 5 aromatic rings. The molecule has 30 heavy (non-hydrogen) atoms. The largest absolute Gasteiger partial charge is 0.357 e. The van der Waals surface area contributed by atoms with Crippen LogP contribution in [0.3, 0.4) is 0 Å². The van der Waals surface area contributed by atoms with Gasteiger partial charge in [0, 0.05) is 38.4 Å². The highest BCUT2D eigenvalue weighted by atomic mass is 79.9. The van der Waals surface area contributed by atoms with Crippen LogP contribution in [0.15, 0.2) is 66.7 Å². The van der Waals surface area contributed by atoms with E-state index in [1.807, 2.05) is 12.1 Å². The fourth-order valence-electron chi connectivity index (χ4n) is 4.75. The molecule has 2 N–H and O–H groups in total. The minimum atomic E-state index is 0.244. The van der Waals surface area contributed by atoms with Crippen molar-refractivity contribution in [3.8, 4) is 6.07 Å². The molecule has 2 atom stereocenters. The topological polar surface area (TPSA) is 55.4 Å². The molecule has 1 aliphatic carbocycles. The number of rotatable bonds is 2. The molecule has 3 aromatic carbocycles. The Morgan fingerprint density at radius 3 is 2.67 bits per heavy atom. The van der Waals surface area contributed by atoms with Crippen LogP contribution in [0.25, 0.3) is 38.8 Å². The number of nitrogens with one attached hydrogen (secondary N) is 2. The molecule has 0 spiro atoms. The molecule has 0 bridgehead atoms. The zero-order valence-electron chi connectivity index (χ0n) is 16.1. The molecule has 2 aromatic heterocycles. The van der Waals surface area contributed by atoms with Crippen LogP contribution in [0.1, 0.15) is 27.2 Å². The molecule has 0 radical (unpaired) electrons. The van der Waals surface area contributed by atoms with E-state index in [2.05, 4.69) is 92.7 Å². The second-order valence-corrected chi connectivity index (χ2v) is 8.96. The summed E-state index contributed by atoms with van der Waals surface area (Å²) in [5.41, 5.74) is 7.71. The van der Waals surface area contributed by atoms with E-state index in [9.17, 15) is 5.26 Å². The van der Waals surface area contributed by atoms with Gasteiger partial charge in [0.25, 0.3) is 0 Å². The van der Waals surface area contributed by atoms with Crippen molar-refractivity contribution in [1.29, 1.82) is 5.26 Å². The summed E-state index contributed by atoms with van der Waals surface area (Å²) in [5, 5.41) is 13.0. The van der Waals surface area contributed by atoms with Crippen LogP contribution < -0.4 is 0 Å². The van der Waals surface area contributed by atoms with Gasteiger partial charge in [0.05, 0.1) is 15.9 Å². The van der Waals surface area contributed by atoms with Crippen molar-refractivity contribution in [1.82, 2.24) is 9.97 Å². The number of aromatic amines is 2. The Balaban J connectivity index is 1.37.